The van der Waals surface area contributed by atoms with E-state index in [1.807, 2.05) is 61.0 Å². The number of aryl methyl sites for hydroxylation is 2. The Morgan fingerprint density at radius 1 is 1.14 bits per heavy atom. The van der Waals surface area contributed by atoms with Crippen LogP contribution in [0.2, 0.25) is 0 Å². The maximum Gasteiger partial charge on any atom is 0.265 e. The molecule has 1 fully saturated rings. The van der Waals surface area contributed by atoms with Crippen LogP contribution < -0.4 is 4.74 Å². The standard InChI is InChI=1S/C28H32N4O3/c1-19-8-11-23(12-9-19)28(27(3,4)33)32-14-6-7-22(26(32)30-35-28)15-21-10-13-24(25(16-21)34-5)31-17-20(2)29-18-31/h8-13,15-18,33H,6-7,14H2,1-5H3. The van der Waals surface area contributed by atoms with Crippen LogP contribution in [0.4, 0.5) is 0 Å². The van der Waals surface area contributed by atoms with Gasteiger partial charge in [-0.15, -0.1) is 0 Å². The van der Waals surface area contributed by atoms with Crippen LogP contribution in [0.5, 0.6) is 5.75 Å². The summed E-state index contributed by atoms with van der Waals surface area (Å²) in [6.45, 7) is 8.32. The third kappa shape index (κ3) is 3.90. The number of ether oxygens (including phenoxy) is 1. The summed E-state index contributed by atoms with van der Waals surface area (Å²) in [5.41, 5.74) is 3.73. The highest BCUT2D eigenvalue weighted by molar-refractivity contribution is 6.03. The van der Waals surface area contributed by atoms with E-state index in [1.54, 1.807) is 27.3 Å². The Hall–Kier alpha value is -3.58. The molecule has 5 rings (SSSR count). The number of nitrogens with zero attached hydrogens (tertiary/aromatic N) is 4. The van der Waals surface area contributed by atoms with Crippen LogP contribution in [-0.4, -0.2) is 44.6 Å². The number of piperidine rings is 1. The summed E-state index contributed by atoms with van der Waals surface area (Å²) in [5, 5.41) is 15.9. The van der Waals surface area contributed by atoms with Gasteiger partial charge in [0.2, 0.25) is 0 Å². The summed E-state index contributed by atoms with van der Waals surface area (Å²) < 4.78 is 7.65. The molecule has 3 aromatic rings. The number of rotatable bonds is 5. The lowest BCUT2D eigenvalue weighted by Gasteiger charge is -2.46. The van der Waals surface area contributed by atoms with Crippen molar-refractivity contribution in [2.45, 2.75) is 51.9 Å². The molecule has 0 amide bonds. The van der Waals surface area contributed by atoms with Gasteiger partial charge in [0.1, 0.15) is 11.4 Å². The lowest BCUT2D eigenvalue weighted by Crippen LogP contribution is -2.60. The third-order valence-corrected chi connectivity index (χ3v) is 6.82. The van der Waals surface area contributed by atoms with Crippen LogP contribution in [0.15, 0.2) is 65.7 Å². The highest BCUT2D eigenvalue weighted by Gasteiger charge is 2.58. The molecule has 1 N–H and O–H groups in total. The Morgan fingerprint density at radius 2 is 1.91 bits per heavy atom. The zero-order chi connectivity index (χ0) is 24.8. The molecule has 1 aromatic heterocycles. The van der Waals surface area contributed by atoms with Crippen molar-refractivity contribution in [2.24, 2.45) is 5.16 Å². The molecule has 3 heterocycles. The number of aliphatic hydroxyl groups is 1. The van der Waals surface area contributed by atoms with Gasteiger partial charge in [-0.1, -0.05) is 41.1 Å². The average Bonchev–Trinajstić information content (AvgIpc) is 3.44. The number of aromatic nitrogens is 2. The predicted octanol–water partition coefficient (Wildman–Crippen LogP) is 4.94. The maximum atomic E-state index is 11.3. The topological polar surface area (TPSA) is 72.1 Å². The van der Waals surface area contributed by atoms with E-state index in [-0.39, 0.29) is 0 Å². The molecule has 2 aliphatic rings. The second-order valence-electron chi connectivity index (χ2n) is 9.85. The summed E-state index contributed by atoms with van der Waals surface area (Å²) in [6.07, 6.45) is 7.70. The van der Waals surface area contributed by atoms with E-state index < -0.39 is 11.3 Å². The van der Waals surface area contributed by atoms with Crippen LogP contribution >= 0.6 is 0 Å². The fraction of sp³-hybridized carbons (Fsp3) is 0.357. The van der Waals surface area contributed by atoms with Gasteiger partial charge in [0.05, 0.1) is 24.8 Å². The van der Waals surface area contributed by atoms with E-state index in [9.17, 15) is 5.11 Å². The Labute approximate surface area is 206 Å². The Kier molecular flexibility index (Phi) is 5.68. The van der Waals surface area contributed by atoms with E-state index >= 15 is 0 Å². The van der Waals surface area contributed by atoms with Crippen LogP contribution in [0.25, 0.3) is 11.8 Å². The SMILES string of the molecule is COc1cc(C=C2CCCN3C2=NOC3(c2ccc(C)cc2)C(C)(C)O)ccc1-n1cnc(C)c1. The van der Waals surface area contributed by atoms with E-state index in [0.717, 1.165) is 64.6 Å². The first-order valence-electron chi connectivity index (χ1n) is 12.0. The molecule has 2 aromatic carbocycles. The van der Waals surface area contributed by atoms with Crippen molar-refractivity contribution in [2.75, 3.05) is 13.7 Å². The highest BCUT2D eigenvalue weighted by Crippen LogP contribution is 2.47. The van der Waals surface area contributed by atoms with Gasteiger partial charge in [0.15, 0.2) is 5.84 Å². The number of amidine groups is 1. The number of imidazole rings is 1. The molecular formula is C28H32N4O3. The van der Waals surface area contributed by atoms with Gasteiger partial charge in [0.25, 0.3) is 5.72 Å². The molecule has 1 unspecified atom stereocenters. The summed E-state index contributed by atoms with van der Waals surface area (Å²) in [4.78, 5) is 12.6. The van der Waals surface area contributed by atoms with Crippen molar-refractivity contribution in [3.63, 3.8) is 0 Å². The van der Waals surface area contributed by atoms with E-state index in [1.165, 1.54) is 0 Å². The largest absolute Gasteiger partial charge is 0.495 e. The van der Waals surface area contributed by atoms with Crippen molar-refractivity contribution >= 4 is 11.9 Å². The van der Waals surface area contributed by atoms with Gasteiger partial charge in [-0.05, 0) is 69.9 Å². The number of benzene rings is 2. The highest BCUT2D eigenvalue weighted by atomic mass is 16.7. The van der Waals surface area contributed by atoms with E-state index in [0.29, 0.717) is 0 Å². The zero-order valence-corrected chi connectivity index (χ0v) is 20.9. The van der Waals surface area contributed by atoms with Gasteiger partial charge in [-0.2, -0.15) is 0 Å². The molecule has 0 saturated carbocycles. The molecule has 1 saturated heterocycles. The molecule has 35 heavy (non-hydrogen) atoms. The monoisotopic (exact) mass is 472 g/mol. The first-order chi connectivity index (χ1) is 16.7. The van der Waals surface area contributed by atoms with Crippen LogP contribution in [0.1, 0.15) is 49.1 Å². The maximum absolute atomic E-state index is 11.3. The Morgan fingerprint density at radius 3 is 2.57 bits per heavy atom. The van der Waals surface area contributed by atoms with Gasteiger partial charge >= 0.3 is 0 Å². The van der Waals surface area contributed by atoms with Crippen LogP contribution in [-0.2, 0) is 10.6 Å². The molecule has 1 atom stereocenters. The molecule has 7 nitrogen and oxygen atoms in total. The van der Waals surface area contributed by atoms with Gasteiger partial charge in [0, 0.05) is 18.3 Å². The molecule has 182 valence electrons. The lowest BCUT2D eigenvalue weighted by molar-refractivity contribution is -0.220. The zero-order valence-electron chi connectivity index (χ0n) is 20.9. The Bertz CT molecular complexity index is 1300. The number of hydrogen-bond donors (Lipinski definition) is 1. The molecule has 0 bridgehead atoms. The van der Waals surface area contributed by atoms with Crippen molar-refractivity contribution in [1.82, 2.24) is 14.5 Å². The third-order valence-electron chi connectivity index (χ3n) is 6.82. The van der Waals surface area contributed by atoms with Crippen molar-refractivity contribution in [1.29, 1.82) is 0 Å². The molecular weight excluding hydrogens is 440 g/mol. The molecule has 0 spiro atoms. The second-order valence-corrected chi connectivity index (χ2v) is 9.85. The molecule has 7 heteroatoms. The summed E-state index contributed by atoms with van der Waals surface area (Å²) in [7, 11) is 1.68. The summed E-state index contributed by atoms with van der Waals surface area (Å²) >= 11 is 0. The number of oxime groups is 1. The van der Waals surface area contributed by atoms with Crippen LogP contribution in [0.3, 0.4) is 0 Å². The van der Waals surface area contributed by atoms with E-state index in [2.05, 4.69) is 27.2 Å². The molecule has 0 aliphatic carbocycles. The minimum Gasteiger partial charge on any atom is -0.495 e. The minimum atomic E-state index is -1.19. The molecule has 0 radical (unpaired) electrons. The number of methoxy groups -OCH3 is 1. The Balaban J connectivity index is 1.51. The smallest absolute Gasteiger partial charge is 0.265 e. The first kappa shape index (κ1) is 23.2. The lowest BCUT2D eigenvalue weighted by atomic mass is 9.83. The van der Waals surface area contributed by atoms with Crippen molar-refractivity contribution in [3.8, 4) is 11.4 Å². The fourth-order valence-corrected chi connectivity index (χ4v) is 5.06. The quantitative estimate of drug-likeness (QED) is 0.569. The molecule has 2 aliphatic heterocycles. The van der Waals surface area contributed by atoms with Gasteiger partial charge in [-0.25, -0.2) is 4.98 Å². The number of fused-ring (bicyclic) bond motifs is 1. The summed E-state index contributed by atoms with van der Waals surface area (Å²) in [5.74, 6) is 1.53. The fourth-order valence-electron chi connectivity index (χ4n) is 5.06. The normalized spacial score (nSPS) is 21.0. The van der Waals surface area contributed by atoms with Crippen LogP contribution in [0, 0.1) is 13.8 Å². The van der Waals surface area contributed by atoms with Crippen molar-refractivity contribution in [3.05, 3.63) is 82.9 Å². The van der Waals surface area contributed by atoms with E-state index in [4.69, 9.17) is 9.57 Å². The summed E-state index contributed by atoms with van der Waals surface area (Å²) in [6, 6.07) is 14.2. The first-order valence-corrected chi connectivity index (χ1v) is 12.0. The number of hydrogen-bond acceptors (Lipinski definition) is 6. The average molecular weight is 473 g/mol. The van der Waals surface area contributed by atoms with Crippen molar-refractivity contribution < 1.29 is 14.7 Å². The second kappa shape index (κ2) is 8.57. The van der Waals surface area contributed by atoms with Gasteiger partial charge in [-0.3, -0.25) is 0 Å². The minimum absolute atomic E-state index is 0.746. The predicted molar refractivity (Wildman–Crippen MR) is 136 cm³/mol. The van der Waals surface area contributed by atoms with Gasteiger partial charge < -0.3 is 24.1 Å².